The molecule has 1 aliphatic rings. The third kappa shape index (κ3) is 1.24. The second-order valence-electron chi connectivity index (χ2n) is 4.51. The highest BCUT2D eigenvalue weighted by Crippen LogP contribution is 2.43. The molecule has 0 fully saturated rings. The summed E-state index contributed by atoms with van der Waals surface area (Å²) in [6.45, 7) is 2.23. The lowest BCUT2D eigenvalue weighted by Gasteiger charge is -2.14. The molecule has 2 aromatic rings. The van der Waals surface area contributed by atoms with Gasteiger partial charge in [0.2, 0.25) is 0 Å². The molecule has 0 spiro atoms. The molecule has 82 valence electrons. The van der Waals surface area contributed by atoms with E-state index in [-0.39, 0.29) is 5.92 Å². The quantitative estimate of drug-likeness (QED) is 0.793. The number of hydrogen-bond acceptors (Lipinski definition) is 3. The molecule has 1 aliphatic carbocycles. The molecule has 2 atom stereocenters. The van der Waals surface area contributed by atoms with Gasteiger partial charge in [-0.15, -0.1) is 0 Å². The zero-order chi connectivity index (χ0) is 11.1. The van der Waals surface area contributed by atoms with E-state index in [9.17, 15) is 0 Å². The van der Waals surface area contributed by atoms with Crippen LogP contribution in [-0.2, 0) is 6.42 Å². The van der Waals surface area contributed by atoms with Gasteiger partial charge in [-0.1, -0.05) is 36.3 Å². The monoisotopic (exact) mass is 214 g/mol. The van der Waals surface area contributed by atoms with E-state index in [4.69, 9.17) is 10.3 Å². The average molecular weight is 214 g/mol. The molecule has 3 heteroatoms. The Hall–Kier alpha value is -1.77. The van der Waals surface area contributed by atoms with Crippen molar-refractivity contribution in [3.8, 4) is 0 Å². The number of nitrogens with two attached hydrogens (primary N) is 1. The molecule has 0 aliphatic heterocycles. The molecule has 3 nitrogen and oxygen atoms in total. The van der Waals surface area contributed by atoms with Gasteiger partial charge in [0, 0.05) is 5.92 Å². The van der Waals surface area contributed by atoms with Crippen LogP contribution in [0.5, 0.6) is 0 Å². The Kier molecular flexibility index (Phi) is 1.99. The molecule has 0 saturated carbocycles. The predicted molar refractivity (Wildman–Crippen MR) is 62.1 cm³/mol. The summed E-state index contributed by atoms with van der Waals surface area (Å²) in [5.41, 5.74) is 10.2. The van der Waals surface area contributed by atoms with Crippen LogP contribution in [0.3, 0.4) is 0 Å². The third-order valence-electron chi connectivity index (χ3n) is 3.42. The minimum Gasteiger partial charge on any atom is -0.395 e. The van der Waals surface area contributed by atoms with Crippen LogP contribution in [0.15, 0.2) is 35.1 Å². The predicted octanol–water partition coefficient (Wildman–Crippen LogP) is 2.58. The molecule has 1 aromatic carbocycles. The fourth-order valence-electron chi connectivity index (χ4n) is 2.70. The van der Waals surface area contributed by atoms with E-state index in [1.54, 1.807) is 0 Å². The first-order chi connectivity index (χ1) is 7.77. The lowest BCUT2D eigenvalue weighted by atomic mass is 9.90. The van der Waals surface area contributed by atoms with Gasteiger partial charge in [-0.25, -0.2) is 0 Å². The van der Waals surface area contributed by atoms with E-state index in [1.165, 1.54) is 17.4 Å². The number of aromatic nitrogens is 1. The van der Waals surface area contributed by atoms with Crippen LogP contribution >= 0.6 is 0 Å². The summed E-state index contributed by atoms with van der Waals surface area (Å²) in [7, 11) is 0. The first kappa shape index (κ1) is 9.46. The molecular formula is C13H14N2O. The zero-order valence-electron chi connectivity index (χ0n) is 9.18. The van der Waals surface area contributed by atoms with Gasteiger partial charge in [-0.2, -0.15) is 0 Å². The van der Waals surface area contributed by atoms with Gasteiger partial charge >= 0.3 is 0 Å². The van der Waals surface area contributed by atoms with Crippen molar-refractivity contribution in [3.63, 3.8) is 0 Å². The number of rotatable bonds is 1. The summed E-state index contributed by atoms with van der Waals surface area (Å²) in [5, 5.41) is 4.05. The number of fused-ring (bicyclic) bond motifs is 1. The molecule has 2 N–H and O–H groups in total. The molecular weight excluding hydrogens is 200 g/mol. The van der Waals surface area contributed by atoms with Crippen molar-refractivity contribution >= 4 is 5.69 Å². The summed E-state index contributed by atoms with van der Waals surface area (Å²) in [5.74, 6) is 0.819. The SMILES string of the molecule is CC1Cc2ccccc2C1c1nocc1N. The lowest BCUT2D eigenvalue weighted by Crippen LogP contribution is -2.08. The molecule has 0 amide bonds. The molecule has 3 rings (SSSR count). The molecule has 0 saturated heterocycles. The van der Waals surface area contributed by atoms with Crippen molar-refractivity contribution in [1.29, 1.82) is 0 Å². The van der Waals surface area contributed by atoms with Crippen molar-refractivity contribution in [1.82, 2.24) is 5.16 Å². The van der Waals surface area contributed by atoms with E-state index in [0.29, 0.717) is 11.6 Å². The van der Waals surface area contributed by atoms with E-state index < -0.39 is 0 Å². The molecule has 1 aromatic heterocycles. The fraction of sp³-hybridized carbons (Fsp3) is 0.308. The van der Waals surface area contributed by atoms with Crippen molar-refractivity contribution in [2.75, 3.05) is 5.73 Å². The smallest absolute Gasteiger partial charge is 0.147 e. The fourth-order valence-corrected chi connectivity index (χ4v) is 2.70. The van der Waals surface area contributed by atoms with E-state index in [1.807, 2.05) is 0 Å². The maximum Gasteiger partial charge on any atom is 0.147 e. The van der Waals surface area contributed by atoms with Crippen LogP contribution in [0.25, 0.3) is 0 Å². The van der Waals surface area contributed by atoms with Crippen LogP contribution in [0.4, 0.5) is 5.69 Å². The normalized spacial score (nSPS) is 23.3. The summed E-state index contributed by atoms with van der Waals surface area (Å²) in [6.07, 6.45) is 2.61. The Morgan fingerprint density at radius 1 is 1.38 bits per heavy atom. The number of nitrogen functional groups attached to an aromatic ring is 1. The third-order valence-corrected chi connectivity index (χ3v) is 3.42. The maximum atomic E-state index is 5.88. The summed E-state index contributed by atoms with van der Waals surface area (Å²) < 4.78 is 4.95. The maximum absolute atomic E-state index is 5.88. The van der Waals surface area contributed by atoms with Gasteiger partial charge in [-0.3, -0.25) is 0 Å². The number of nitrogens with zero attached hydrogens (tertiary/aromatic N) is 1. The van der Waals surface area contributed by atoms with E-state index in [0.717, 1.165) is 12.1 Å². The van der Waals surface area contributed by atoms with Crippen molar-refractivity contribution in [2.45, 2.75) is 19.3 Å². The largest absolute Gasteiger partial charge is 0.395 e. The van der Waals surface area contributed by atoms with E-state index in [2.05, 4.69) is 36.3 Å². The van der Waals surface area contributed by atoms with Gasteiger partial charge < -0.3 is 10.3 Å². The number of benzene rings is 1. The average Bonchev–Trinajstić information content (AvgIpc) is 2.81. The Balaban J connectivity index is 2.12. The highest BCUT2D eigenvalue weighted by molar-refractivity contribution is 5.50. The molecule has 0 bridgehead atoms. The van der Waals surface area contributed by atoms with Crippen LogP contribution in [-0.4, -0.2) is 5.16 Å². The lowest BCUT2D eigenvalue weighted by molar-refractivity contribution is 0.400. The Bertz CT molecular complexity index is 518. The second kappa shape index (κ2) is 3.37. The summed E-state index contributed by atoms with van der Waals surface area (Å²) in [6, 6.07) is 8.50. The standard InChI is InChI=1S/C13H14N2O/c1-8-6-9-4-2-3-5-10(9)12(8)13-11(14)7-16-15-13/h2-5,7-8,12H,6,14H2,1H3. The molecule has 0 radical (unpaired) electrons. The minimum atomic E-state index is 0.287. The molecule has 1 heterocycles. The summed E-state index contributed by atoms with van der Waals surface area (Å²) >= 11 is 0. The first-order valence-electron chi connectivity index (χ1n) is 5.55. The topological polar surface area (TPSA) is 52.0 Å². The van der Waals surface area contributed by atoms with E-state index >= 15 is 0 Å². The highest BCUT2D eigenvalue weighted by atomic mass is 16.5. The van der Waals surface area contributed by atoms with Gasteiger partial charge in [-0.05, 0) is 23.5 Å². The van der Waals surface area contributed by atoms with Gasteiger partial charge in [0.05, 0.1) is 5.69 Å². The minimum absolute atomic E-state index is 0.287. The van der Waals surface area contributed by atoms with Crippen LogP contribution < -0.4 is 5.73 Å². The van der Waals surface area contributed by atoms with Crippen LogP contribution in [0, 0.1) is 5.92 Å². The first-order valence-corrected chi connectivity index (χ1v) is 5.55. The number of hydrogen-bond donors (Lipinski definition) is 1. The molecule has 16 heavy (non-hydrogen) atoms. The van der Waals surface area contributed by atoms with Crippen molar-refractivity contribution in [3.05, 3.63) is 47.3 Å². The second-order valence-corrected chi connectivity index (χ2v) is 4.51. The van der Waals surface area contributed by atoms with Crippen LogP contribution in [0.2, 0.25) is 0 Å². The zero-order valence-corrected chi connectivity index (χ0v) is 9.18. The van der Waals surface area contributed by atoms with Gasteiger partial charge in [0.1, 0.15) is 12.0 Å². The highest BCUT2D eigenvalue weighted by Gasteiger charge is 2.33. The van der Waals surface area contributed by atoms with Crippen LogP contribution in [0.1, 0.15) is 29.7 Å². The van der Waals surface area contributed by atoms with Gasteiger partial charge in [0.25, 0.3) is 0 Å². The van der Waals surface area contributed by atoms with Crippen molar-refractivity contribution < 1.29 is 4.52 Å². The van der Waals surface area contributed by atoms with Crippen molar-refractivity contribution in [2.24, 2.45) is 5.92 Å². The Labute approximate surface area is 94.2 Å². The number of anilines is 1. The Morgan fingerprint density at radius 2 is 2.19 bits per heavy atom. The molecule has 2 unspecified atom stereocenters. The summed E-state index contributed by atoms with van der Waals surface area (Å²) in [4.78, 5) is 0. The van der Waals surface area contributed by atoms with Gasteiger partial charge in [0.15, 0.2) is 0 Å². The Morgan fingerprint density at radius 3 is 2.94 bits per heavy atom.